The van der Waals surface area contributed by atoms with E-state index in [1.54, 1.807) is 19.3 Å². The summed E-state index contributed by atoms with van der Waals surface area (Å²) < 4.78 is 12.4. The molecule has 168 valence electrons. The van der Waals surface area contributed by atoms with Crippen LogP contribution in [0.1, 0.15) is 16.7 Å². The number of aryl methyl sites for hydroxylation is 1. The molecule has 0 atom stereocenters. The molecule has 8 heteroatoms. The lowest BCUT2D eigenvalue weighted by Gasteiger charge is -2.11. The number of nitrogens with one attached hydrogen (secondary N) is 1. The van der Waals surface area contributed by atoms with Crippen LogP contribution in [0.25, 0.3) is 6.08 Å². The van der Waals surface area contributed by atoms with Gasteiger partial charge in [0.25, 0.3) is 5.91 Å². The predicted molar refractivity (Wildman–Crippen MR) is 138 cm³/mol. The van der Waals surface area contributed by atoms with Crippen molar-refractivity contribution in [3.8, 4) is 11.5 Å². The van der Waals surface area contributed by atoms with Crippen LogP contribution in [-0.2, 0) is 11.4 Å². The number of thioether (sulfide) groups is 1. The van der Waals surface area contributed by atoms with Gasteiger partial charge in [0.15, 0.2) is 16.7 Å². The quantitative estimate of drug-likeness (QED) is 0.344. The molecule has 1 aliphatic rings. The Balaban J connectivity index is 1.48. The number of methoxy groups -OCH3 is 1. The SMILES string of the molecule is COc1cc(/C=C2\SC(=Nc3ccc(C)c(Cl)c3)NC2=O)ccc1OCc1ccc(Br)cc1. The molecule has 0 bridgehead atoms. The number of halogens is 2. The van der Waals surface area contributed by atoms with Gasteiger partial charge in [0.05, 0.1) is 17.7 Å². The molecule has 1 aliphatic heterocycles. The van der Waals surface area contributed by atoms with Crippen molar-refractivity contribution >= 4 is 62.1 Å². The highest BCUT2D eigenvalue weighted by atomic mass is 79.9. The highest BCUT2D eigenvalue weighted by Crippen LogP contribution is 2.33. The molecule has 0 spiro atoms. The van der Waals surface area contributed by atoms with Gasteiger partial charge in [0.1, 0.15) is 6.61 Å². The maximum Gasteiger partial charge on any atom is 0.264 e. The number of aliphatic imine (C=N–C) groups is 1. The summed E-state index contributed by atoms with van der Waals surface area (Å²) in [5, 5.41) is 3.94. The van der Waals surface area contributed by atoms with Gasteiger partial charge < -0.3 is 14.8 Å². The number of nitrogens with zero attached hydrogens (tertiary/aromatic N) is 1. The zero-order valence-electron chi connectivity index (χ0n) is 17.9. The Bertz CT molecular complexity index is 1260. The summed E-state index contributed by atoms with van der Waals surface area (Å²) in [6, 6.07) is 19.0. The summed E-state index contributed by atoms with van der Waals surface area (Å²) in [5.74, 6) is 1.02. The molecule has 0 aliphatic carbocycles. The van der Waals surface area contributed by atoms with Crippen LogP contribution in [0.4, 0.5) is 5.69 Å². The highest BCUT2D eigenvalue weighted by molar-refractivity contribution is 9.10. The molecule has 0 aromatic heterocycles. The van der Waals surface area contributed by atoms with E-state index < -0.39 is 0 Å². The van der Waals surface area contributed by atoms with Crippen molar-refractivity contribution in [1.29, 1.82) is 0 Å². The van der Waals surface area contributed by atoms with Crippen molar-refractivity contribution < 1.29 is 14.3 Å². The molecule has 1 saturated heterocycles. The largest absolute Gasteiger partial charge is 0.493 e. The lowest BCUT2D eigenvalue weighted by molar-refractivity contribution is -0.115. The minimum Gasteiger partial charge on any atom is -0.493 e. The van der Waals surface area contributed by atoms with E-state index in [9.17, 15) is 4.79 Å². The Labute approximate surface area is 210 Å². The molecule has 3 aromatic carbocycles. The van der Waals surface area contributed by atoms with Crippen LogP contribution >= 0.6 is 39.3 Å². The van der Waals surface area contributed by atoms with Gasteiger partial charge in [-0.05, 0) is 77.9 Å². The third-order valence-electron chi connectivity index (χ3n) is 4.83. The second kappa shape index (κ2) is 10.5. The maximum atomic E-state index is 12.4. The Morgan fingerprint density at radius 1 is 1.09 bits per heavy atom. The average Bonchev–Trinajstić information content (AvgIpc) is 3.14. The fourth-order valence-electron chi connectivity index (χ4n) is 3.04. The van der Waals surface area contributed by atoms with Crippen LogP contribution in [0.2, 0.25) is 5.02 Å². The number of ether oxygens (including phenoxy) is 2. The van der Waals surface area contributed by atoms with E-state index in [2.05, 4.69) is 26.2 Å². The minimum absolute atomic E-state index is 0.202. The van der Waals surface area contributed by atoms with Crippen LogP contribution in [0.15, 0.2) is 75.0 Å². The van der Waals surface area contributed by atoms with Crippen molar-refractivity contribution in [2.75, 3.05) is 7.11 Å². The summed E-state index contributed by atoms with van der Waals surface area (Å²) >= 11 is 10.9. The number of carbonyl (C=O) groups excluding carboxylic acids is 1. The smallest absolute Gasteiger partial charge is 0.264 e. The summed E-state index contributed by atoms with van der Waals surface area (Å²) in [6.45, 7) is 2.35. The molecule has 4 rings (SSSR count). The maximum absolute atomic E-state index is 12.4. The second-order valence-electron chi connectivity index (χ2n) is 7.24. The minimum atomic E-state index is -0.202. The highest BCUT2D eigenvalue weighted by Gasteiger charge is 2.24. The first-order valence-electron chi connectivity index (χ1n) is 10.0. The van der Waals surface area contributed by atoms with E-state index >= 15 is 0 Å². The Hall–Kier alpha value is -2.74. The lowest BCUT2D eigenvalue weighted by atomic mass is 10.2. The Morgan fingerprint density at radius 2 is 1.88 bits per heavy atom. The molecule has 1 heterocycles. The van der Waals surface area contributed by atoms with E-state index in [4.69, 9.17) is 21.1 Å². The number of hydrogen-bond acceptors (Lipinski definition) is 5. The van der Waals surface area contributed by atoms with E-state index in [1.807, 2.05) is 61.5 Å². The number of carbonyl (C=O) groups is 1. The van der Waals surface area contributed by atoms with Crippen LogP contribution in [-0.4, -0.2) is 18.2 Å². The number of rotatable bonds is 6. The van der Waals surface area contributed by atoms with Gasteiger partial charge in [-0.3, -0.25) is 4.79 Å². The summed E-state index contributed by atoms with van der Waals surface area (Å²) in [7, 11) is 1.59. The Morgan fingerprint density at radius 3 is 2.61 bits per heavy atom. The van der Waals surface area contributed by atoms with Crippen molar-refractivity contribution in [2.24, 2.45) is 4.99 Å². The van der Waals surface area contributed by atoms with Crippen molar-refractivity contribution in [3.63, 3.8) is 0 Å². The van der Waals surface area contributed by atoms with E-state index in [0.717, 1.165) is 21.2 Å². The van der Waals surface area contributed by atoms with Crippen molar-refractivity contribution in [2.45, 2.75) is 13.5 Å². The predicted octanol–water partition coefficient (Wildman–Crippen LogP) is 6.89. The molecule has 0 saturated carbocycles. The molecule has 0 unspecified atom stereocenters. The fourth-order valence-corrected chi connectivity index (χ4v) is 4.32. The summed E-state index contributed by atoms with van der Waals surface area (Å²) in [6.07, 6.45) is 1.80. The fraction of sp³-hybridized carbons (Fsp3) is 0.120. The summed E-state index contributed by atoms with van der Waals surface area (Å²) in [5.41, 5.74) is 3.53. The monoisotopic (exact) mass is 542 g/mol. The molecule has 33 heavy (non-hydrogen) atoms. The van der Waals surface area contributed by atoms with E-state index in [1.165, 1.54) is 11.8 Å². The third kappa shape index (κ3) is 5.99. The standard InChI is InChI=1S/C25H20BrClN2O3S/c1-15-3-9-19(13-20(15)27)28-25-29-24(30)23(33-25)12-17-6-10-21(22(11-17)31-2)32-14-16-4-7-18(26)8-5-16/h3-13H,14H2,1-2H3,(H,28,29,30)/b23-12-. The lowest BCUT2D eigenvalue weighted by Crippen LogP contribution is -2.19. The van der Waals surface area contributed by atoms with Gasteiger partial charge in [-0.1, -0.05) is 51.8 Å². The second-order valence-corrected chi connectivity index (χ2v) is 9.59. The molecule has 1 amide bonds. The molecule has 3 aromatic rings. The number of hydrogen-bond donors (Lipinski definition) is 1. The first kappa shape index (κ1) is 23.4. The van der Waals surface area contributed by atoms with Crippen LogP contribution in [0.5, 0.6) is 11.5 Å². The molecular weight excluding hydrogens is 524 g/mol. The van der Waals surface area contributed by atoms with Gasteiger partial charge in [-0.15, -0.1) is 0 Å². The molecule has 0 radical (unpaired) electrons. The molecule has 1 fully saturated rings. The van der Waals surface area contributed by atoms with Crippen molar-refractivity contribution in [1.82, 2.24) is 5.32 Å². The van der Waals surface area contributed by atoms with Crippen LogP contribution in [0.3, 0.4) is 0 Å². The van der Waals surface area contributed by atoms with Gasteiger partial charge in [0.2, 0.25) is 0 Å². The van der Waals surface area contributed by atoms with Gasteiger partial charge >= 0.3 is 0 Å². The first-order chi connectivity index (χ1) is 15.9. The normalized spacial score (nSPS) is 15.7. The molecular formula is C25H20BrClN2O3S. The zero-order valence-corrected chi connectivity index (χ0v) is 21.1. The zero-order chi connectivity index (χ0) is 23.4. The van der Waals surface area contributed by atoms with Gasteiger partial charge in [0, 0.05) is 9.50 Å². The number of amides is 1. The molecule has 5 nitrogen and oxygen atoms in total. The average molecular weight is 544 g/mol. The van der Waals surface area contributed by atoms with Crippen molar-refractivity contribution in [3.05, 3.63) is 91.8 Å². The van der Waals surface area contributed by atoms with E-state index in [0.29, 0.717) is 38.9 Å². The Kier molecular flexibility index (Phi) is 7.42. The third-order valence-corrected chi connectivity index (χ3v) is 6.68. The first-order valence-corrected chi connectivity index (χ1v) is 12.0. The van der Waals surface area contributed by atoms with Crippen LogP contribution in [0, 0.1) is 6.92 Å². The molecule has 1 N–H and O–H groups in total. The topological polar surface area (TPSA) is 59.9 Å². The number of benzene rings is 3. The van der Waals surface area contributed by atoms with Gasteiger partial charge in [-0.25, -0.2) is 4.99 Å². The number of amidine groups is 1. The summed E-state index contributed by atoms with van der Waals surface area (Å²) in [4.78, 5) is 17.5. The van der Waals surface area contributed by atoms with Crippen LogP contribution < -0.4 is 14.8 Å². The van der Waals surface area contributed by atoms with E-state index in [-0.39, 0.29) is 5.91 Å². The van der Waals surface area contributed by atoms with Gasteiger partial charge in [-0.2, -0.15) is 0 Å².